The van der Waals surface area contributed by atoms with E-state index in [4.69, 9.17) is 0 Å². The second-order valence-electron chi connectivity index (χ2n) is 6.03. The van der Waals surface area contributed by atoms with Gasteiger partial charge < -0.3 is 9.72 Å². The summed E-state index contributed by atoms with van der Waals surface area (Å²) in [5.41, 5.74) is 2.80. The smallest absolute Gasteiger partial charge is 0.422 e. The van der Waals surface area contributed by atoms with E-state index in [0.717, 1.165) is 28.4 Å². The van der Waals surface area contributed by atoms with Gasteiger partial charge in [-0.15, -0.1) is 11.3 Å². The molecule has 0 fully saturated rings. The van der Waals surface area contributed by atoms with Gasteiger partial charge in [0.1, 0.15) is 0 Å². The number of para-hydroxylation sites is 1. The van der Waals surface area contributed by atoms with E-state index in [2.05, 4.69) is 25.0 Å². The van der Waals surface area contributed by atoms with Crippen molar-refractivity contribution in [2.45, 2.75) is 6.18 Å². The SMILES string of the molecule is O=C(Nc1nc(-c2c[nH]c3ccccc23)cs1)c1ccc(OCC(F)(F)F)nc1. The Morgan fingerprint density at radius 3 is 2.79 bits per heavy atom. The zero-order valence-electron chi connectivity index (χ0n) is 14.7. The molecule has 0 saturated carbocycles. The Labute approximate surface area is 166 Å². The largest absolute Gasteiger partial charge is 0.468 e. The number of H-pyrrole nitrogens is 1. The topological polar surface area (TPSA) is 79.9 Å². The summed E-state index contributed by atoms with van der Waals surface area (Å²) in [5.74, 6) is -0.686. The van der Waals surface area contributed by atoms with Gasteiger partial charge in [-0.05, 0) is 12.1 Å². The van der Waals surface area contributed by atoms with Gasteiger partial charge in [0.05, 0.1) is 11.3 Å². The maximum atomic E-state index is 12.3. The number of nitrogens with zero attached hydrogens (tertiary/aromatic N) is 2. The molecule has 0 radical (unpaired) electrons. The van der Waals surface area contributed by atoms with Crippen LogP contribution in [0.5, 0.6) is 5.88 Å². The molecule has 4 aromatic rings. The van der Waals surface area contributed by atoms with Gasteiger partial charge in [0.25, 0.3) is 5.91 Å². The third kappa shape index (κ3) is 4.37. The maximum absolute atomic E-state index is 12.3. The molecule has 0 unspecified atom stereocenters. The number of alkyl halides is 3. The van der Waals surface area contributed by atoms with Crippen LogP contribution in [0.2, 0.25) is 0 Å². The lowest BCUT2D eigenvalue weighted by Crippen LogP contribution is -2.19. The number of hydrogen-bond donors (Lipinski definition) is 2. The fraction of sp³-hybridized carbons (Fsp3) is 0.105. The Hall–Kier alpha value is -3.40. The van der Waals surface area contributed by atoms with Crippen LogP contribution in [0.4, 0.5) is 18.3 Å². The molecule has 148 valence electrons. The number of ether oxygens (including phenoxy) is 1. The van der Waals surface area contributed by atoms with Crippen LogP contribution in [-0.4, -0.2) is 33.6 Å². The van der Waals surface area contributed by atoms with Crippen molar-refractivity contribution in [3.8, 4) is 17.1 Å². The summed E-state index contributed by atoms with van der Waals surface area (Å²) in [6, 6.07) is 10.4. The van der Waals surface area contributed by atoms with Crippen LogP contribution in [0, 0.1) is 0 Å². The number of rotatable bonds is 5. The fourth-order valence-corrected chi connectivity index (χ4v) is 3.37. The fourth-order valence-electron chi connectivity index (χ4n) is 2.66. The molecule has 29 heavy (non-hydrogen) atoms. The molecular weight excluding hydrogens is 405 g/mol. The van der Waals surface area contributed by atoms with E-state index in [1.807, 2.05) is 35.8 Å². The number of carbonyl (C=O) groups is 1. The van der Waals surface area contributed by atoms with Gasteiger partial charge in [-0.1, -0.05) is 18.2 Å². The van der Waals surface area contributed by atoms with E-state index in [1.165, 1.54) is 23.5 Å². The van der Waals surface area contributed by atoms with Crippen molar-refractivity contribution < 1.29 is 22.7 Å². The van der Waals surface area contributed by atoms with Gasteiger partial charge in [0, 0.05) is 40.3 Å². The van der Waals surface area contributed by atoms with Crippen molar-refractivity contribution in [1.82, 2.24) is 15.0 Å². The molecule has 1 amide bonds. The molecule has 4 rings (SSSR count). The molecule has 3 aromatic heterocycles. The number of pyridine rings is 1. The molecule has 0 bridgehead atoms. The highest BCUT2D eigenvalue weighted by Gasteiger charge is 2.28. The number of aromatic nitrogens is 3. The number of hydrogen-bond acceptors (Lipinski definition) is 5. The van der Waals surface area contributed by atoms with Crippen LogP contribution in [0.3, 0.4) is 0 Å². The minimum Gasteiger partial charge on any atom is -0.468 e. The van der Waals surface area contributed by atoms with Gasteiger partial charge in [-0.3, -0.25) is 10.1 Å². The summed E-state index contributed by atoms with van der Waals surface area (Å²) in [6.07, 6.45) is -1.45. The van der Waals surface area contributed by atoms with E-state index in [1.54, 1.807) is 0 Å². The van der Waals surface area contributed by atoms with E-state index in [9.17, 15) is 18.0 Å². The summed E-state index contributed by atoms with van der Waals surface area (Å²) in [7, 11) is 0. The normalized spacial score (nSPS) is 11.6. The van der Waals surface area contributed by atoms with Crippen LogP contribution >= 0.6 is 11.3 Å². The predicted octanol–water partition coefficient (Wildman–Crippen LogP) is 4.88. The molecule has 0 aliphatic carbocycles. The van der Waals surface area contributed by atoms with Crippen LogP contribution in [0.25, 0.3) is 22.2 Å². The first kappa shape index (κ1) is 18.9. The number of amides is 1. The van der Waals surface area contributed by atoms with Crippen LogP contribution in [0.1, 0.15) is 10.4 Å². The van der Waals surface area contributed by atoms with Gasteiger partial charge in [0.2, 0.25) is 5.88 Å². The summed E-state index contributed by atoms with van der Waals surface area (Å²) >= 11 is 1.27. The highest BCUT2D eigenvalue weighted by molar-refractivity contribution is 7.14. The van der Waals surface area contributed by atoms with Crippen LogP contribution < -0.4 is 10.1 Å². The Bertz CT molecular complexity index is 1150. The second kappa shape index (κ2) is 7.55. The lowest BCUT2D eigenvalue weighted by Gasteiger charge is -2.08. The average Bonchev–Trinajstić information content (AvgIpc) is 3.33. The summed E-state index contributed by atoms with van der Waals surface area (Å²) in [6.45, 7) is -1.44. The Balaban J connectivity index is 1.44. The zero-order chi connectivity index (χ0) is 20.4. The highest BCUT2D eigenvalue weighted by atomic mass is 32.1. The van der Waals surface area contributed by atoms with Gasteiger partial charge in [-0.25, -0.2) is 9.97 Å². The number of nitrogens with one attached hydrogen (secondary N) is 2. The Morgan fingerprint density at radius 2 is 2.03 bits per heavy atom. The molecule has 10 heteroatoms. The number of benzene rings is 1. The minimum absolute atomic E-state index is 0.174. The van der Waals surface area contributed by atoms with Crippen molar-refractivity contribution in [3.05, 3.63) is 59.7 Å². The van der Waals surface area contributed by atoms with Gasteiger partial charge >= 0.3 is 6.18 Å². The van der Waals surface area contributed by atoms with Crippen LogP contribution in [-0.2, 0) is 0 Å². The first-order valence-corrected chi connectivity index (χ1v) is 9.26. The van der Waals surface area contributed by atoms with Crippen molar-refractivity contribution in [2.24, 2.45) is 0 Å². The molecule has 0 aliphatic rings. The summed E-state index contributed by atoms with van der Waals surface area (Å²) in [5, 5.41) is 5.91. The number of carbonyl (C=O) groups excluding carboxylic acids is 1. The van der Waals surface area contributed by atoms with Gasteiger partial charge in [-0.2, -0.15) is 13.2 Å². The Kier molecular flexibility index (Phi) is 4.93. The quantitative estimate of drug-likeness (QED) is 0.484. The zero-order valence-corrected chi connectivity index (χ0v) is 15.5. The molecule has 1 aromatic carbocycles. The van der Waals surface area contributed by atoms with E-state index in [-0.39, 0.29) is 11.4 Å². The highest BCUT2D eigenvalue weighted by Crippen LogP contribution is 2.31. The van der Waals surface area contributed by atoms with Gasteiger partial charge in [0.15, 0.2) is 11.7 Å². The van der Waals surface area contributed by atoms with Crippen molar-refractivity contribution in [2.75, 3.05) is 11.9 Å². The molecule has 0 aliphatic heterocycles. The second-order valence-corrected chi connectivity index (χ2v) is 6.89. The van der Waals surface area contributed by atoms with Crippen molar-refractivity contribution in [3.63, 3.8) is 0 Å². The van der Waals surface area contributed by atoms with E-state index >= 15 is 0 Å². The predicted molar refractivity (Wildman–Crippen MR) is 103 cm³/mol. The van der Waals surface area contributed by atoms with Crippen molar-refractivity contribution >= 4 is 33.3 Å². The lowest BCUT2D eigenvalue weighted by atomic mass is 10.1. The molecule has 0 atom stereocenters. The number of aromatic amines is 1. The third-order valence-corrected chi connectivity index (χ3v) is 4.73. The molecule has 6 nitrogen and oxygen atoms in total. The number of thiazole rings is 1. The van der Waals surface area contributed by atoms with Crippen molar-refractivity contribution in [1.29, 1.82) is 0 Å². The van der Waals surface area contributed by atoms with Crippen LogP contribution in [0.15, 0.2) is 54.2 Å². The molecule has 0 saturated heterocycles. The molecule has 0 spiro atoms. The van der Waals surface area contributed by atoms with E-state index in [0.29, 0.717) is 5.13 Å². The average molecular weight is 418 g/mol. The standard InChI is InChI=1S/C19H13F3N4O2S/c20-19(21,22)10-28-16-6-5-11(7-24-16)17(27)26-18-25-15(9-29-18)13-8-23-14-4-2-1-3-12(13)14/h1-9,23H,10H2,(H,25,26,27). The molecular formula is C19H13F3N4O2S. The molecule has 2 N–H and O–H groups in total. The molecule has 3 heterocycles. The first-order chi connectivity index (χ1) is 13.9. The number of anilines is 1. The monoisotopic (exact) mass is 418 g/mol. The summed E-state index contributed by atoms with van der Waals surface area (Å²) < 4.78 is 41.0. The lowest BCUT2D eigenvalue weighted by molar-refractivity contribution is -0.154. The maximum Gasteiger partial charge on any atom is 0.422 e. The number of fused-ring (bicyclic) bond motifs is 1. The first-order valence-electron chi connectivity index (χ1n) is 8.38. The van der Waals surface area contributed by atoms with E-state index < -0.39 is 18.7 Å². The summed E-state index contributed by atoms with van der Waals surface area (Å²) in [4.78, 5) is 23.7. The number of halogens is 3. The Morgan fingerprint density at radius 1 is 1.21 bits per heavy atom. The minimum atomic E-state index is -4.45. The third-order valence-electron chi connectivity index (χ3n) is 3.97.